The molecule has 0 unspecified atom stereocenters. The number of nitrogens with one attached hydrogen (secondary N) is 2. The van der Waals surface area contributed by atoms with E-state index in [1.807, 2.05) is 74.4 Å². The summed E-state index contributed by atoms with van der Waals surface area (Å²) in [6.45, 7) is 47.1. The van der Waals surface area contributed by atoms with Gasteiger partial charge in [-0.25, -0.2) is 24.9 Å². The van der Waals surface area contributed by atoms with Gasteiger partial charge in [-0.2, -0.15) is 0 Å². The van der Waals surface area contributed by atoms with Crippen molar-refractivity contribution in [3.05, 3.63) is 181 Å². The summed E-state index contributed by atoms with van der Waals surface area (Å²) in [5.74, 6) is 0.550. The number of alkyl halides is 1. The van der Waals surface area contributed by atoms with Crippen LogP contribution < -0.4 is 0 Å². The lowest BCUT2D eigenvalue weighted by Gasteiger charge is -2.44. The topological polar surface area (TPSA) is 130 Å². The highest BCUT2D eigenvalue weighted by molar-refractivity contribution is 6.83. The molecule has 0 amide bonds. The zero-order valence-electron chi connectivity index (χ0n) is 60.7. The number of aryl methyl sites for hydroxylation is 1. The quantitative estimate of drug-likeness (QED) is 0.0605. The maximum Gasteiger partial charge on any atom is 0.171 e. The van der Waals surface area contributed by atoms with E-state index in [9.17, 15) is 0 Å². The molecule has 516 valence electrons. The van der Waals surface area contributed by atoms with E-state index in [0.717, 1.165) is 53.2 Å². The zero-order valence-corrected chi connectivity index (χ0v) is 64.4. The summed E-state index contributed by atoms with van der Waals surface area (Å²) < 4.78 is 7.79. The number of nitrogens with zero attached hydrogens (tertiary/aromatic N) is 11. The molecule has 11 aromatic rings. The molecule has 0 aliphatic rings. The van der Waals surface area contributed by atoms with Crippen LogP contribution in [0.2, 0.25) is 49.9 Å². The number of halogens is 1. The Kier molecular flexibility index (Phi) is 28.8. The van der Waals surface area contributed by atoms with Gasteiger partial charge in [-0.3, -0.25) is 4.98 Å². The Balaban J connectivity index is 0.000000222. The maximum atomic E-state index is 6.18. The SMILES string of the molecule is C.C.CC(C)[Si](C(C)C)(C(C)C)n1cc(CCl)c2cccnc21.CC(C)[Si](C(C)C)(C(C)C)n1cc(CN(C)C)c2cccnc21.CN(C)Cc1c[nH]c2ncccc12.Cc1ccc(Cc2cn([Si](C(C)C)(C(C)C)C(C)C)c3ncccc23)cn1.c1cnc2[nH]ccc2c1. The van der Waals surface area contributed by atoms with E-state index in [-0.39, 0.29) is 14.9 Å². The molecule has 0 aromatic carbocycles. The molecular weight excluding hydrogens is 1240 g/mol. The summed E-state index contributed by atoms with van der Waals surface area (Å²) in [6, 6.07) is 27.1. The Hall–Kier alpha value is -6.54. The normalized spacial score (nSPS) is 12.2. The molecule has 0 aliphatic carbocycles. The first-order valence-corrected chi connectivity index (χ1v) is 41.1. The maximum absolute atomic E-state index is 6.18. The van der Waals surface area contributed by atoms with Crippen LogP contribution in [0.15, 0.2) is 147 Å². The Morgan fingerprint density at radius 1 is 0.411 bits per heavy atom. The molecule has 95 heavy (non-hydrogen) atoms. The van der Waals surface area contributed by atoms with Gasteiger partial charge in [0.1, 0.15) is 28.2 Å². The molecular formula is C78H120ClN13Si3. The van der Waals surface area contributed by atoms with Gasteiger partial charge >= 0.3 is 0 Å². The highest BCUT2D eigenvalue weighted by atomic mass is 35.5. The van der Waals surface area contributed by atoms with Crippen molar-refractivity contribution in [2.75, 3.05) is 28.2 Å². The van der Waals surface area contributed by atoms with Crippen LogP contribution >= 0.6 is 11.6 Å². The second-order valence-electron chi connectivity index (χ2n) is 29.0. The van der Waals surface area contributed by atoms with Gasteiger partial charge in [0, 0.05) is 126 Å². The Labute approximate surface area is 580 Å². The first-order valence-electron chi connectivity index (χ1n) is 34.0. The second kappa shape index (κ2) is 34.6. The molecule has 0 bridgehead atoms. The van der Waals surface area contributed by atoms with Crippen molar-refractivity contribution in [3.8, 4) is 0 Å². The smallest absolute Gasteiger partial charge is 0.171 e. The van der Waals surface area contributed by atoms with Crippen LogP contribution in [0.4, 0.5) is 0 Å². The van der Waals surface area contributed by atoms with Gasteiger partial charge in [0.25, 0.3) is 0 Å². The van der Waals surface area contributed by atoms with Crippen LogP contribution in [0.5, 0.6) is 0 Å². The van der Waals surface area contributed by atoms with E-state index >= 15 is 0 Å². The third-order valence-corrected chi connectivity index (χ3v) is 40.3. The summed E-state index contributed by atoms with van der Waals surface area (Å²) in [5.41, 5.74) is 18.9. The van der Waals surface area contributed by atoms with Gasteiger partial charge in [-0.05, 0) is 186 Å². The monoisotopic (exact) mass is 1360 g/mol. The van der Waals surface area contributed by atoms with Crippen LogP contribution in [0, 0.1) is 6.92 Å². The fourth-order valence-electron chi connectivity index (χ4n) is 16.7. The minimum absolute atomic E-state index is 0. The summed E-state index contributed by atoms with van der Waals surface area (Å²) in [7, 11) is 3.04. The Bertz CT molecular complexity index is 3990. The zero-order chi connectivity index (χ0) is 68.3. The summed E-state index contributed by atoms with van der Waals surface area (Å²) in [6.07, 6.45) is 23.3. The van der Waals surface area contributed by atoms with Crippen molar-refractivity contribution in [1.82, 2.24) is 62.4 Å². The van der Waals surface area contributed by atoms with Gasteiger partial charge in [-0.15, -0.1) is 11.6 Å². The number of pyridine rings is 6. The molecule has 11 heterocycles. The molecule has 11 aromatic heterocycles. The molecule has 17 heteroatoms. The Morgan fingerprint density at radius 2 is 0.779 bits per heavy atom. The van der Waals surface area contributed by atoms with E-state index < -0.39 is 24.7 Å². The fourth-order valence-corrected chi connectivity index (χ4v) is 36.7. The molecule has 0 aliphatic heterocycles. The lowest BCUT2D eigenvalue weighted by molar-refractivity contribution is 0.404. The van der Waals surface area contributed by atoms with Crippen molar-refractivity contribution in [2.45, 2.75) is 222 Å². The van der Waals surface area contributed by atoms with E-state index in [4.69, 9.17) is 26.6 Å². The minimum atomic E-state index is -1.83. The number of aromatic amines is 2. The first kappa shape index (κ1) is 79.2. The number of fused-ring (bicyclic) bond motifs is 5. The molecule has 2 N–H and O–H groups in total. The molecule has 13 nitrogen and oxygen atoms in total. The highest BCUT2D eigenvalue weighted by Gasteiger charge is 2.49. The van der Waals surface area contributed by atoms with Gasteiger partial charge in [-0.1, -0.05) is 146 Å². The minimum Gasteiger partial charge on any atom is -0.358 e. The first-order chi connectivity index (χ1) is 44.1. The van der Waals surface area contributed by atoms with Gasteiger partial charge in [0.2, 0.25) is 0 Å². The Morgan fingerprint density at radius 3 is 1.18 bits per heavy atom. The molecule has 0 saturated carbocycles. The van der Waals surface area contributed by atoms with Crippen LogP contribution in [0.1, 0.15) is 173 Å². The number of rotatable bonds is 19. The predicted octanol–water partition coefficient (Wildman–Crippen LogP) is 21.7. The highest BCUT2D eigenvalue weighted by Crippen LogP contribution is 2.47. The van der Waals surface area contributed by atoms with E-state index in [1.165, 1.54) is 55.0 Å². The summed E-state index contributed by atoms with van der Waals surface area (Å²) in [5, 5.41) is 6.21. The molecule has 0 atom stereocenters. The second-order valence-corrected chi connectivity index (χ2v) is 46.4. The number of hydrogen-bond acceptors (Lipinski definition) is 8. The largest absolute Gasteiger partial charge is 0.358 e. The van der Waals surface area contributed by atoms with E-state index in [1.54, 1.807) is 12.4 Å². The molecule has 0 fully saturated rings. The van der Waals surface area contributed by atoms with Crippen molar-refractivity contribution >= 4 is 91.5 Å². The lowest BCUT2D eigenvalue weighted by atomic mass is 10.1. The van der Waals surface area contributed by atoms with Crippen LogP contribution in [-0.2, 0) is 25.4 Å². The number of H-pyrrole nitrogens is 2. The molecule has 11 rings (SSSR count). The van der Waals surface area contributed by atoms with Gasteiger partial charge < -0.3 is 32.5 Å². The van der Waals surface area contributed by atoms with Crippen molar-refractivity contribution in [1.29, 1.82) is 0 Å². The number of hydrogen-bond donors (Lipinski definition) is 2. The average molecular weight is 1360 g/mol. The molecule has 0 spiro atoms. The molecule has 0 radical (unpaired) electrons. The van der Waals surface area contributed by atoms with E-state index in [0.29, 0.717) is 55.8 Å². The predicted molar refractivity (Wildman–Crippen MR) is 420 cm³/mol. The van der Waals surface area contributed by atoms with Crippen LogP contribution in [0.3, 0.4) is 0 Å². The standard InChI is InChI=1S/C23H33N3Si.C19H33N3Si.C17H27ClN2Si.C10H13N3.C7H6N2.2CH4/c1-16(2)27(17(3)4,18(5)6)26-15-21(22-9-8-12-24-23(22)26)13-20-11-10-19(7)25-14-20;1-14(2)23(15(3)4,16(5)6)22-13-17(12-21(7)8)18-10-9-11-20-19(18)22;1-12(2)21(13(3)4,14(5)6)20-11-15(10-18)16-8-7-9-19-17(16)20;1-13(2)7-8-6-12-10-9(8)4-3-5-11-10;1-2-6-3-5-9-7(6)8-4-1;;/h8-12,14-18H,13H2,1-7H3;9-11,13-16H,12H2,1-8H3;7-9,11-14H,10H2,1-6H3;3-6H,7H2,1-2H3,(H,11,12);1-5H,(H,8,9);2*1H4. The van der Waals surface area contributed by atoms with E-state index in [2.05, 4.69) is 267 Å². The van der Waals surface area contributed by atoms with Crippen molar-refractivity contribution in [3.63, 3.8) is 0 Å². The number of aromatic nitrogens is 11. The van der Waals surface area contributed by atoms with Crippen molar-refractivity contribution in [2.24, 2.45) is 0 Å². The lowest BCUT2D eigenvalue weighted by Crippen LogP contribution is -2.51. The average Bonchev–Trinajstić information content (AvgIpc) is 1.66. The van der Waals surface area contributed by atoms with Crippen molar-refractivity contribution < 1.29 is 0 Å². The third kappa shape index (κ3) is 16.7. The van der Waals surface area contributed by atoms with Gasteiger partial charge in [0.15, 0.2) is 24.7 Å². The fraction of sp³-hybridized carbons (Fsp3) is 0.487. The van der Waals surface area contributed by atoms with Gasteiger partial charge in [0.05, 0.1) is 0 Å². The van der Waals surface area contributed by atoms with Crippen LogP contribution in [0.25, 0.3) is 55.2 Å². The van der Waals surface area contributed by atoms with Crippen LogP contribution in [-0.4, -0.2) is 115 Å². The third-order valence-electron chi connectivity index (χ3n) is 19.9. The summed E-state index contributed by atoms with van der Waals surface area (Å²) >= 11 is 6.18. The summed E-state index contributed by atoms with van der Waals surface area (Å²) in [4.78, 5) is 37.7. The molecule has 0 saturated heterocycles.